The molecule has 9 heteroatoms. The number of hydrogen-bond donors (Lipinski definition) is 3. The zero-order valence-corrected chi connectivity index (χ0v) is 42.2. The van der Waals surface area contributed by atoms with Crippen molar-refractivity contribution in [3.63, 3.8) is 0 Å². The Balaban J connectivity index is 0.0000109. The van der Waals surface area contributed by atoms with Gasteiger partial charge in [0.15, 0.2) is 0 Å². The summed E-state index contributed by atoms with van der Waals surface area (Å²) < 4.78 is 0. The third-order valence-electron chi connectivity index (χ3n) is 12.3. The summed E-state index contributed by atoms with van der Waals surface area (Å²) in [4.78, 5) is 47.6. The molecule has 0 aliphatic carbocycles. The summed E-state index contributed by atoms with van der Waals surface area (Å²) in [5, 5.41) is 33.9. The Bertz CT molecular complexity index is 1830. The minimum atomic E-state index is -0.315. The monoisotopic (exact) mass is 869 g/mol. The van der Waals surface area contributed by atoms with Gasteiger partial charge in [-0.3, -0.25) is 14.4 Å². The fourth-order valence-corrected chi connectivity index (χ4v) is 8.40. The molecule has 1 saturated heterocycles. The van der Waals surface area contributed by atoms with E-state index < -0.39 is 0 Å². The molecule has 0 bridgehead atoms. The summed E-state index contributed by atoms with van der Waals surface area (Å²) in [6.45, 7) is 37.4. The van der Waals surface area contributed by atoms with Crippen molar-refractivity contribution in [3.05, 3.63) is 86.5 Å². The molecule has 4 rings (SSSR count). The summed E-state index contributed by atoms with van der Waals surface area (Å²) in [6.07, 6.45) is 1.80. The van der Waals surface area contributed by atoms with Gasteiger partial charge in [-0.1, -0.05) is 161 Å². The average Bonchev–Trinajstić information content (AvgIpc) is 3.13. The van der Waals surface area contributed by atoms with Crippen LogP contribution in [0.1, 0.15) is 195 Å². The first kappa shape index (κ1) is 51.1. The molecular weight excluding hydrogens is 787 g/mol. The van der Waals surface area contributed by atoms with E-state index in [1.807, 2.05) is 36.4 Å². The molecule has 0 saturated carbocycles. The highest BCUT2D eigenvalue weighted by atomic mass is 16.3. The molecule has 0 atom stereocenters. The number of carbonyl (C=O) groups is 3. The maximum atomic E-state index is 14.2. The predicted molar refractivity (Wildman–Crippen MR) is 258 cm³/mol. The number of nitrogens with zero attached hydrogens (tertiary/aromatic N) is 3. The first-order chi connectivity index (χ1) is 28.5. The molecule has 3 amide bonds. The number of aryl methyl sites for hydroxylation is 3. The molecule has 0 unspecified atom stereocenters. The SMILES string of the molecule is CC(C)(C)c1cc(CCC(=O)N2CN(C(=O)CCc3cc(C(C)(C)C)c(O)c(C(C)(C)C)c3)CN(C(=O)CCc3cc(C(C)(C)C)c(O)c(C(C)(C)C)c3)C2)cc(C(C)(C)C)c1O.[H+]. The minimum Gasteiger partial charge on any atom is -0.507 e. The molecule has 3 N–H and O–H groups in total. The van der Waals surface area contributed by atoms with Crippen LogP contribution in [0.3, 0.4) is 0 Å². The minimum absolute atomic E-state index is 0. The van der Waals surface area contributed by atoms with E-state index in [1.54, 1.807) is 14.7 Å². The summed E-state index contributed by atoms with van der Waals surface area (Å²) in [5.74, 6) is 0.366. The second-order valence-electron chi connectivity index (χ2n) is 24.3. The van der Waals surface area contributed by atoms with Crippen molar-refractivity contribution in [1.29, 1.82) is 0 Å². The molecule has 1 fully saturated rings. The van der Waals surface area contributed by atoms with E-state index in [-0.39, 0.29) is 108 Å². The van der Waals surface area contributed by atoms with Gasteiger partial charge in [-0.25, -0.2) is 0 Å². The standard InChI is InChI=1S/C54H81N3O6/c1-49(2,3)37-25-34(26-38(46(37)61)50(4,5)6)19-22-43(58)55-31-56(44(59)23-20-35-27-39(51(7,8)9)47(62)40(28-35)52(10,11)12)33-57(32-55)45(60)24-21-36-29-41(53(13,14)15)48(63)42(30-36)54(16,17)18/h25-30,61-63H,19-24,31-33H2,1-18H3/p+1. The van der Waals surface area contributed by atoms with Crippen molar-refractivity contribution in [2.24, 2.45) is 0 Å². The van der Waals surface area contributed by atoms with Crippen LogP contribution >= 0.6 is 0 Å². The van der Waals surface area contributed by atoms with Crippen molar-refractivity contribution in [1.82, 2.24) is 14.7 Å². The van der Waals surface area contributed by atoms with Gasteiger partial charge in [0.1, 0.15) is 17.2 Å². The van der Waals surface area contributed by atoms with Gasteiger partial charge in [0.2, 0.25) is 17.7 Å². The van der Waals surface area contributed by atoms with E-state index in [9.17, 15) is 29.7 Å². The van der Waals surface area contributed by atoms with Crippen LogP contribution in [-0.4, -0.2) is 67.7 Å². The molecule has 1 heterocycles. The van der Waals surface area contributed by atoms with E-state index >= 15 is 0 Å². The highest BCUT2D eigenvalue weighted by Crippen LogP contribution is 2.43. The average molecular weight is 869 g/mol. The van der Waals surface area contributed by atoms with E-state index in [0.29, 0.717) is 19.3 Å². The number of amides is 3. The van der Waals surface area contributed by atoms with Crippen LogP contribution in [0.2, 0.25) is 0 Å². The molecule has 3 aromatic carbocycles. The fraction of sp³-hybridized carbons (Fsp3) is 0.611. The lowest BCUT2D eigenvalue weighted by Gasteiger charge is -2.42. The fourth-order valence-electron chi connectivity index (χ4n) is 8.40. The number of aromatic hydroxyl groups is 3. The number of rotatable bonds is 9. The van der Waals surface area contributed by atoms with Crippen LogP contribution in [0.5, 0.6) is 17.2 Å². The lowest BCUT2D eigenvalue weighted by Crippen LogP contribution is -2.59. The first-order valence-electron chi connectivity index (χ1n) is 22.9. The smallest absolute Gasteiger partial charge is 0.507 e. The second-order valence-corrected chi connectivity index (χ2v) is 24.3. The maximum absolute atomic E-state index is 14.2. The lowest BCUT2D eigenvalue weighted by molar-refractivity contribution is -0.158. The third-order valence-corrected chi connectivity index (χ3v) is 12.3. The third kappa shape index (κ3) is 12.6. The van der Waals surface area contributed by atoms with Gasteiger partial charge < -0.3 is 30.0 Å². The largest absolute Gasteiger partial charge is 1.00 e. The van der Waals surface area contributed by atoms with Crippen molar-refractivity contribution in [2.45, 2.75) is 196 Å². The molecule has 0 aromatic heterocycles. The van der Waals surface area contributed by atoms with Crippen LogP contribution in [0.25, 0.3) is 0 Å². The summed E-state index contributed by atoms with van der Waals surface area (Å²) >= 11 is 0. The van der Waals surface area contributed by atoms with Gasteiger partial charge in [-0.15, -0.1) is 0 Å². The van der Waals surface area contributed by atoms with Crippen molar-refractivity contribution in [2.75, 3.05) is 20.0 Å². The Labute approximate surface area is 381 Å². The lowest BCUT2D eigenvalue weighted by atomic mass is 9.78. The highest BCUT2D eigenvalue weighted by Gasteiger charge is 2.34. The Kier molecular flexibility index (Phi) is 14.7. The number of benzene rings is 3. The Morgan fingerprint density at radius 3 is 0.683 bits per heavy atom. The normalized spacial score (nSPS) is 14.7. The van der Waals surface area contributed by atoms with Gasteiger partial charge >= 0.3 is 1.43 Å². The highest BCUT2D eigenvalue weighted by molar-refractivity contribution is 5.82. The molecule has 348 valence electrons. The topological polar surface area (TPSA) is 122 Å². The van der Waals surface area contributed by atoms with Crippen LogP contribution in [0.4, 0.5) is 0 Å². The van der Waals surface area contributed by atoms with Crippen molar-refractivity contribution >= 4 is 17.7 Å². The quantitative estimate of drug-likeness (QED) is 0.197. The summed E-state index contributed by atoms with van der Waals surface area (Å²) in [6, 6.07) is 12.0. The molecule has 0 spiro atoms. The molecule has 1 aliphatic rings. The van der Waals surface area contributed by atoms with Crippen molar-refractivity contribution in [3.8, 4) is 17.2 Å². The molecule has 0 radical (unpaired) electrons. The summed E-state index contributed by atoms with van der Waals surface area (Å²) in [5.41, 5.74) is 5.95. The number of carbonyl (C=O) groups excluding carboxylic acids is 3. The van der Waals surface area contributed by atoms with Crippen LogP contribution in [0, 0.1) is 0 Å². The molecular formula is C54H82N3O6+. The Morgan fingerprint density at radius 2 is 0.540 bits per heavy atom. The molecule has 63 heavy (non-hydrogen) atoms. The maximum Gasteiger partial charge on any atom is 1.00 e. The van der Waals surface area contributed by atoms with Gasteiger partial charge in [0.05, 0.1) is 20.0 Å². The Morgan fingerprint density at radius 1 is 0.381 bits per heavy atom. The van der Waals surface area contributed by atoms with Crippen molar-refractivity contribution < 1.29 is 31.1 Å². The predicted octanol–water partition coefficient (Wildman–Crippen LogP) is 11.3. The number of hydrogen-bond acceptors (Lipinski definition) is 6. The van der Waals surface area contributed by atoms with Gasteiger partial charge in [-0.05, 0) is 102 Å². The summed E-state index contributed by atoms with van der Waals surface area (Å²) in [7, 11) is 0. The van der Waals surface area contributed by atoms with E-state index in [2.05, 4.69) is 125 Å². The molecule has 1 aliphatic heterocycles. The number of phenols is 3. The zero-order valence-electron chi connectivity index (χ0n) is 43.2. The van der Waals surface area contributed by atoms with E-state index in [0.717, 1.165) is 50.1 Å². The van der Waals surface area contributed by atoms with E-state index in [4.69, 9.17) is 0 Å². The van der Waals surface area contributed by atoms with Crippen LogP contribution in [-0.2, 0) is 66.1 Å². The Hall–Kier alpha value is -4.53. The molecule has 3 aromatic rings. The van der Waals surface area contributed by atoms with Crippen LogP contribution in [0.15, 0.2) is 36.4 Å². The number of phenolic OH excluding ortho intramolecular Hbond substituents is 3. The van der Waals surface area contributed by atoms with Gasteiger partial charge in [-0.2, -0.15) is 0 Å². The second kappa shape index (κ2) is 18.2. The molecule has 9 nitrogen and oxygen atoms in total. The zero-order chi connectivity index (χ0) is 48.0. The van der Waals surface area contributed by atoms with Gasteiger partial charge in [0.25, 0.3) is 0 Å². The van der Waals surface area contributed by atoms with Gasteiger partial charge in [0, 0.05) is 19.3 Å². The first-order valence-corrected chi connectivity index (χ1v) is 22.9. The van der Waals surface area contributed by atoms with Crippen LogP contribution < -0.4 is 0 Å². The van der Waals surface area contributed by atoms with E-state index in [1.165, 1.54) is 0 Å².